The molecule has 0 aliphatic heterocycles. The highest BCUT2D eigenvalue weighted by molar-refractivity contribution is 5.92. The van der Waals surface area contributed by atoms with E-state index in [1.54, 1.807) is 20.8 Å². The van der Waals surface area contributed by atoms with Gasteiger partial charge in [-0.3, -0.25) is 9.59 Å². The van der Waals surface area contributed by atoms with Crippen LogP contribution in [0.15, 0.2) is 18.2 Å². The fourth-order valence-electron chi connectivity index (χ4n) is 3.74. The van der Waals surface area contributed by atoms with Gasteiger partial charge in [0.05, 0.1) is 6.61 Å². The highest BCUT2D eigenvalue weighted by atomic mass is 16.6. The number of amides is 3. The van der Waals surface area contributed by atoms with Crippen LogP contribution in [-0.4, -0.2) is 58.8 Å². The van der Waals surface area contributed by atoms with Crippen molar-refractivity contribution in [2.24, 2.45) is 0 Å². The number of rotatable bonds is 11. The number of nitrogens with one attached hydrogen (secondary N) is 2. The zero-order valence-corrected chi connectivity index (χ0v) is 22.0. The molecule has 1 aromatic rings. The molecule has 0 spiro atoms. The summed E-state index contributed by atoms with van der Waals surface area (Å²) in [5.41, 5.74) is 1.88. The van der Waals surface area contributed by atoms with Gasteiger partial charge in [0, 0.05) is 12.6 Å². The summed E-state index contributed by atoms with van der Waals surface area (Å²) in [6.45, 7) is 14.5. The molecule has 34 heavy (non-hydrogen) atoms. The molecular formula is C26H43N3O5. The van der Waals surface area contributed by atoms with Crippen molar-refractivity contribution in [3.8, 4) is 0 Å². The lowest BCUT2D eigenvalue weighted by Gasteiger charge is -2.34. The average molecular weight is 478 g/mol. The molecule has 0 fully saturated rings. The molecule has 192 valence electrons. The first-order valence-corrected chi connectivity index (χ1v) is 12.1. The Morgan fingerprint density at radius 3 is 2.09 bits per heavy atom. The van der Waals surface area contributed by atoms with Gasteiger partial charge in [-0.15, -0.1) is 0 Å². The molecule has 0 aliphatic rings. The van der Waals surface area contributed by atoms with Crippen molar-refractivity contribution >= 4 is 17.9 Å². The maximum atomic E-state index is 13.7. The van der Waals surface area contributed by atoms with Gasteiger partial charge >= 0.3 is 6.09 Å². The highest BCUT2D eigenvalue weighted by Gasteiger charge is 2.36. The van der Waals surface area contributed by atoms with Crippen LogP contribution in [0.1, 0.15) is 83.5 Å². The smallest absolute Gasteiger partial charge is 0.408 e. The minimum absolute atomic E-state index is 0.123. The topological polar surface area (TPSA) is 108 Å². The third kappa shape index (κ3) is 9.71. The van der Waals surface area contributed by atoms with Crippen molar-refractivity contribution in [3.05, 3.63) is 34.9 Å². The van der Waals surface area contributed by atoms with Gasteiger partial charge in [-0.2, -0.15) is 0 Å². The van der Waals surface area contributed by atoms with E-state index in [9.17, 15) is 19.5 Å². The van der Waals surface area contributed by atoms with Crippen molar-refractivity contribution in [1.82, 2.24) is 15.5 Å². The molecule has 2 atom stereocenters. The number of nitrogens with zero attached hydrogens (tertiary/aromatic N) is 1. The number of hydrogen-bond donors (Lipinski definition) is 3. The predicted octanol–water partition coefficient (Wildman–Crippen LogP) is 3.77. The van der Waals surface area contributed by atoms with Gasteiger partial charge in [0.25, 0.3) is 0 Å². The van der Waals surface area contributed by atoms with Crippen molar-refractivity contribution < 1.29 is 24.2 Å². The number of ether oxygens (including phenoxy) is 1. The number of carbonyl (C=O) groups is 3. The molecule has 1 rings (SSSR count). The summed E-state index contributed by atoms with van der Waals surface area (Å²) in [5.74, 6) is -0.841. The van der Waals surface area contributed by atoms with E-state index in [4.69, 9.17) is 4.74 Å². The van der Waals surface area contributed by atoms with E-state index in [1.165, 1.54) is 4.90 Å². The van der Waals surface area contributed by atoms with Crippen LogP contribution in [0.4, 0.5) is 4.79 Å². The van der Waals surface area contributed by atoms with Crippen LogP contribution < -0.4 is 10.6 Å². The van der Waals surface area contributed by atoms with Gasteiger partial charge in [0.15, 0.2) is 0 Å². The SMILES string of the molecule is CCCCCN(C(=O)C(CO)NC(=O)OC(C)(C)C)C(C(=O)NC(C)C)c1cc(C)cc(C)c1. The molecule has 3 N–H and O–H groups in total. The van der Waals surface area contributed by atoms with Gasteiger partial charge < -0.3 is 25.4 Å². The Balaban J connectivity index is 3.43. The normalized spacial score (nSPS) is 13.2. The third-order valence-corrected chi connectivity index (χ3v) is 5.01. The van der Waals surface area contributed by atoms with E-state index < -0.39 is 36.3 Å². The molecular weight excluding hydrogens is 434 g/mol. The van der Waals surface area contributed by atoms with E-state index in [0.29, 0.717) is 18.5 Å². The Hall–Kier alpha value is -2.61. The summed E-state index contributed by atoms with van der Waals surface area (Å²) in [6, 6.07) is 3.53. The predicted molar refractivity (Wildman–Crippen MR) is 133 cm³/mol. The number of unbranched alkanes of at least 4 members (excludes halogenated alkanes) is 2. The van der Waals surface area contributed by atoms with Crippen LogP contribution in [0, 0.1) is 13.8 Å². The van der Waals surface area contributed by atoms with E-state index >= 15 is 0 Å². The number of aryl methyl sites for hydroxylation is 2. The standard InChI is InChI=1S/C26H43N3O5/c1-9-10-11-12-29(24(32)21(16-30)28-25(33)34-26(6,7)8)22(23(31)27-17(2)3)20-14-18(4)13-19(5)15-20/h13-15,17,21-22,30H,9-12,16H2,1-8H3,(H,27,31)(H,28,33). The van der Waals surface area contributed by atoms with E-state index in [0.717, 1.165) is 24.0 Å². The molecule has 0 saturated heterocycles. The minimum Gasteiger partial charge on any atom is -0.444 e. The first-order valence-electron chi connectivity index (χ1n) is 12.1. The summed E-state index contributed by atoms with van der Waals surface area (Å²) in [6.07, 6.45) is 1.69. The second kappa shape index (κ2) is 13.3. The summed E-state index contributed by atoms with van der Waals surface area (Å²) >= 11 is 0. The van der Waals surface area contributed by atoms with Crippen molar-refractivity contribution in [2.45, 2.75) is 98.4 Å². The van der Waals surface area contributed by atoms with Crippen molar-refractivity contribution in [2.75, 3.05) is 13.2 Å². The molecule has 8 nitrogen and oxygen atoms in total. The number of alkyl carbamates (subject to hydrolysis) is 1. The van der Waals surface area contributed by atoms with E-state index in [1.807, 2.05) is 45.9 Å². The van der Waals surface area contributed by atoms with Gasteiger partial charge in [-0.1, -0.05) is 49.1 Å². The van der Waals surface area contributed by atoms with Gasteiger partial charge in [0.2, 0.25) is 11.8 Å². The summed E-state index contributed by atoms with van der Waals surface area (Å²) in [7, 11) is 0. The number of carbonyl (C=O) groups excluding carboxylic acids is 3. The fourth-order valence-corrected chi connectivity index (χ4v) is 3.74. The third-order valence-electron chi connectivity index (χ3n) is 5.01. The van der Waals surface area contributed by atoms with Crippen LogP contribution in [0.5, 0.6) is 0 Å². The molecule has 8 heteroatoms. The lowest BCUT2D eigenvalue weighted by atomic mass is 9.98. The maximum absolute atomic E-state index is 13.7. The summed E-state index contributed by atoms with van der Waals surface area (Å²) in [5, 5.41) is 15.4. The molecule has 0 aromatic heterocycles. The Morgan fingerprint density at radius 1 is 1.03 bits per heavy atom. The van der Waals surface area contributed by atoms with Crippen LogP contribution in [-0.2, 0) is 14.3 Å². The molecule has 0 heterocycles. The molecule has 2 unspecified atom stereocenters. The highest BCUT2D eigenvalue weighted by Crippen LogP contribution is 2.26. The molecule has 0 saturated carbocycles. The monoisotopic (exact) mass is 477 g/mol. The largest absolute Gasteiger partial charge is 0.444 e. The van der Waals surface area contributed by atoms with Crippen molar-refractivity contribution in [1.29, 1.82) is 0 Å². The number of aliphatic hydroxyl groups is 1. The quantitative estimate of drug-likeness (QED) is 0.421. The first-order chi connectivity index (χ1) is 15.8. The van der Waals surface area contributed by atoms with Crippen LogP contribution in [0.3, 0.4) is 0 Å². The Kier molecular flexibility index (Phi) is 11.5. The van der Waals surface area contributed by atoms with Gasteiger partial charge in [-0.05, 0) is 60.5 Å². The molecule has 0 aliphatic carbocycles. The van der Waals surface area contributed by atoms with Gasteiger partial charge in [-0.25, -0.2) is 4.79 Å². The number of benzene rings is 1. The Labute approximate surface area is 204 Å². The van der Waals surface area contributed by atoms with Crippen LogP contribution >= 0.6 is 0 Å². The summed E-state index contributed by atoms with van der Waals surface area (Å²) in [4.78, 5) is 40.9. The zero-order valence-electron chi connectivity index (χ0n) is 22.0. The minimum atomic E-state index is -1.24. The molecule has 0 bridgehead atoms. The van der Waals surface area contributed by atoms with Crippen LogP contribution in [0.2, 0.25) is 0 Å². The molecule has 3 amide bonds. The second-order valence-corrected chi connectivity index (χ2v) is 10.1. The Bertz CT molecular complexity index is 812. The average Bonchev–Trinajstić information content (AvgIpc) is 2.68. The lowest BCUT2D eigenvalue weighted by molar-refractivity contribution is -0.143. The first kappa shape index (κ1) is 29.4. The van der Waals surface area contributed by atoms with Crippen LogP contribution in [0.25, 0.3) is 0 Å². The maximum Gasteiger partial charge on any atom is 0.408 e. The lowest BCUT2D eigenvalue weighted by Crippen LogP contribution is -2.55. The van der Waals surface area contributed by atoms with E-state index in [-0.39, 0.29) is 11.9 Å². The molecule has 0 radical (unpaired) electrons. The summed E-state index contributed by atoms with van der Waals surface area (Å²) < 4.78 is 5.26. The van der Waals surface area contributed by atoms with E-state index in [2.05, 4.69) is 17.6 Å². The van der Waals surface area contributed by atoms with Gasteiger partial charge in [0.1, 0.15) is 17.7 Å². The molecule has 1 aromatic carbocycles. The number of hydrogen-bond acceptors (Lipinski definition) is 5. The Morgan fingerprint density at radius 2 is 1.62 bits per heavy atom. The second-order valence-electron chi connectivity index (χ2n) is 10.1. The fraction of sp³-hybridized carbons (Fsp3) is 0.654. The zero-order chi connectivity index (χ0) is 26.1. The van der Waals surface area contributed by atoms with Crippen molar-refractivity contribution in [3.63, 3.8) is 0 Å². The number of aliphatic hydroxyl groups excluding tert-OH is 1.